The number of aryl methyl sites for hydroxylation is 3. The van der Waals surface area contributed by atoms with E-state index in [0.29, 0.717) is 0 Å². The number of hydrogen-bond donors (Lipinski definition) is 1. The van der Waals surface area contributed by atoms with Crippen molar-refractivity contribution in [2.24, 2.45) is 7.05 Å². The molecule has 0 radical (unpaired) electrons. The lowest BCUT2D eigenvalue weighted by Gasteiger charge is -2.06. The normalized spacial score (nSPS) is 11.2. The summed E-state index contributed by atoms with van der Waals surface area (Å²) < 4.78 is 17.0. The fourth-order valence-corrected chi connectivity index (χ4v) is 3.32. The summed E-state index contributed by atoms with van der Waals surface area (Å²) in [6.07, 6.45) is 11.2. The van der Waals surface area contributed by atoms with Crippen LogP contribution in [0.3, 0.4) is 0 Å². The van der Waals surface area contributed by atoms with E-state index in [0.717, 1.165) is 35.5 Å². The molecule has 0 saturated heterocycles. The van der Waals surface area contributed by atoms with Crippen LogP contribution in [0, 0.1) is 5.82 Å². The van der Waals surface area contributed by atoms with Gasteiger partial charge in [-0.15, -0.1) is 0 Å². The highest BCUT2D eigenvalue weighted by Crippen LogP contribution is 2.24. The van der Waals surface area contributed by atoms with Crippen LogP contribution in [0.1, 0.15) is 11.1 Å². The zero-order valence-electron chi connectivity index (χ0n) is 17.1. The lowest BCUT2D eigenvalue weighted by atomic mass is 10.1. The molecule has 6 nitrogen and oxygen atoms in total. The van der Waals surface area contributed by atoms with Gasteiger partial charge in [0.2, 0.25) is 5.91 Å². The van der Waals surface area contributed by atoms with Crippen molar-refractivity contribution in [3.05, 3.63) is 96.5 Å². The number of aromatic nitrogens is 4. The fraction of sp³-hybridized carbons (Fsp3) is 0.125. The van der Waals surface area contributed by atoms with Gasteiger partial charge in [-0.2, -0.15) is 5.10 Å². The van der Waals surface area contributed by atoms with Gasteiger partial charge in [0.05, 0.1) is 18.2 Å². The van der Waals surface area contributed by atoms with Crippen molar-refractivity contribution in [1.29, 1.82) is 0 Å². The monoisotopic (exact) mass is 415 g/mol. The number of carbonyl (C=O) groups is 1. The Morgan fingerprint density at radius 3 is 2.61 bits per heavy atom. The molecule has 0 aliphatic heterocycles. The summed E-state index contributed by atoms with van der Waals surface area (Å²) in [5.74, 6) is -0.532. The molecule has 31 heavy (non-hydrogen) atoms. The Morgan fingerprint density at radius 1 is 1.13 bits per heavy atom. The van der Waals surface area contributed by atoms with E-state index in [9.17, 15) is 9.18 Å². The van der Waals surface area contributed by atoms with Crippen molar-refractivity contribution in [3.8, 4) is 11.3 Å². The first-order valence-electron chi connectivity index (χ1n) is 9.90. The first-order valence-corrected chi connectivity index (χ1v) is 9.90. The van der Waals surface area contributed by atoms with E-state index in [1.54, 1.807) is 41.6 Å². The van der Waals surface area contributed by atoms with Gasteiger partial charge in [-0.3, -0.25) is 9.48 Å². The van der Waals surface area contributed by atoms with Crippen molar-refractivity contribution < 1.29 is 9.18 Å². The van der Waals surface area contributed by atoms with E-state index in [-0.39, 0.29) is 11.7 Å². The van der Waals surface area contributed by atoms with Crippen LogP contribution in [0.2, 0.25) is 0 Å². The average Bonchev–Trinajstić information content (AvgIpc) is 3.42. The second-order valence-corrected chi connectivity index (χ2v) is 7.15. The van der Waals surface area contributed by atoms with E-state index in [2.05, 4.69) is 15.4 Å². The van der Waals surface area contributed by atoms with Crippen LogP contribution in [-0.4, -0.2) is 25.2 Å². The second kappa shape index (κ2) is 9.21. The third kappa shape index (κ3) is 5.14. The van der Waals surface area contributed by atoms with E-state index in [4.69, 9.17) is 0 Å². The molecule has 0 spiro atoms. The summed E-state index contributed by atoms with van der Waals surface area (Å²) >= 11 is 0. The van der Waals surface area contributed by atoms with E-state index >= 15 is 0 Å². The number of carbonyl (C=O) groups excluding carboxylic acids is 1. The molecule has 2 aromatic carbocycles. The molecule has 0 aliphatic carbocycles. The van der Waals surface area contributed by atoms with Gasteiger partial charge in [0.15, 0.2) is 0 Å². The lowest BCUT2D eigenvalue weighted by Crippen LogP contribution is -2.07. The SMILES string of the molecule is Cn1ncc(/C=C/C(=O)Nc2ccc(CCn3ccnc3)cc2)c1-c1ccc(F)cc1. The molecule has 4 aromatic rings. The Morgan fingerprint density at radius 2 is 1.90 bits per heavy atom. The summed E-state index contributed by atoms with van der Waals surface area (Å²) in [6, 6.07) is 14.0. The van der Waals surface area contributed by atoms with Gasteiger partial charge in [-0.25, -0.2) is 9.37 Å². The van der Waals surface area contributed by atoms with Gasteiger partial charge in [0.1, 0.15) is 5.82 Å². The first-order chi connectivity index (χ1) is 15.1. The molecule has 0 saturated carbocycles. The molecular weight excluding hydrogens is 393 g/mol. The van der Waals surface area contributed by atoms with Crippen LogP contribution in [0.15, 0.2) is 79.5 Å². The van der Waals surface area contributed by atoms with Crippen LogP contribution in [0.4, 0.5) is 10.1 Å². The number of nitrogens with zero attached hydrogens (tertiary/aromatic N) is 4. The van der Waals surface area contributed by atoms with E-state index < -0.39 is 0 Å². The molecule has 1 amide bonds. The zero-order valence-corrected chi connectivity index (χ0v) is 17.1. The quantitative estimate of drug-likeness (QED) is 0.457. The summed E-state index contributed by atoms with van der Waals surface area (Å²) in [7, 11) is 1.81. The number of imidazole rings is 1. The van der Waals surface area contributed by atoms with Gasteiger partial charge in [0.25, 0.3) is 0 Å². The van der Waals surface area contributed by atoms with Gasteiger partial charge in [-0.1, -0.05) is 12.1 Å². The van der Waals surface area contributed by atoms with E-state index in [1.807, 2.05) is 42.1 Å². The molecule has 0 atom stereocenters. The maximum Gasteiger partial charge on any atom is 0.248 e. The topological polar surface area (TPSA) is 64.7 Å². The van der Waals surface area contributed by atoms with E-state index in [1.165, 1.54) is 23.8 Å². The molecule has 0 unspecified atom stereocenters. The largest absolute Gasteiger partial charge is 0.337 e. The highest BCUT2D eigenvalue weighted by molar-refractivity contribution is 6.02. The summed E-state index contributed by atoms with van der Waals surface area (Å²) in [4.78, 5) is 16.4. The highest BCUT2D eigenvalue weighted by Gasteiger charge is 2.09. The molecule has 1 N–H and O–H groups in total. The van der Waals surface area contributed by atoms with Crippen LogP contribution in [-0.2, 0) is 24.8 Å². The fourth-order valence-electron chi connectivity index (χ4n) is 3.32. The minimum Gasteiger partial charge on any atom is -0.337 e. The maximum atomic E-state index is 13.2. The summed E-state index contributed by atoms with van der Waals surface area (Å²) in [5, 5.41) is 7.12. The van der Waals surface area contributed by atoms with Crippen molar-refractivity contribution in [1.82, 2.24) is 19.3 Å². The van der Waals surface area contributed by atoms with Crippen molar-refractivity contribution in [2.45, 2.75) is 13.0 Å². The smallest absolute Gasteiger partial charge is 0.248 e. The van der Waals surface area contributed by atoms with Crippen molar-refractivity contribution >= 4 is 17.7 Å². The third-order valence-corrected chi connectivity index (χ3v) is 4.94. The van der Waals surface area contributed by atoms with Crippen LogP contribution >= 0.6 is 0 Å². The van der Waals surface area contributed by atoms with Gasteiger partial charge in [-0.05, 0) is 54.5 Å². The molecule has 0 aliphatic rings. The van der Waals surface area contributed by atoms with Crippen molar-refractivity contribution in [3.63, 3.8) is 0 Å². The molecule has 2 heterocycles. The van der Waals surface area contributed by atoms with Gasteiger partial charge in [0, 0.05) is 48.9 Å². The number of benzene rings is 2. The Bertz CT molecular complexity index is 1180. The Kier molecular flexibility index (Phi) is 6.03. The summed E-state index contributed by atoms with van der Waals surface area (Å²) in [5.41, 5.74) is 4.32. The molecule has 2 aromatic heterocycles. The standard InChI is InChI=1S/C24H22FN5O/c1-29-24(19-4-7-21(25)8-5-19)20(16-27-29)6-11-23(31)28-22-9-2-18(3-10-22)12-14-30-15-13-26-17-30/h2-11,13,15-17H,12,14H2,1H3,(H,28,31)/b11-6+. The predicted molar refractivity (Wildman–Crippen MR) is 119 cm³/mol. The number of anilines is 1. The van der Waals surface area contributed by atoms with Crippen molar-refractivity contribution in [2.75, 3.05) is 5.32 Å². The average molecular weight is 415 g/mol. The number of amides is 1. The first kappa shape index (κ1) is 20.3. The molecule has 4 rings (SSSR count). The van der Waals surface area contributed by atoms with Gasteiger partial charge < -0.3 is 9.88 Å². The number of hydrogen-bond acceptors (Lipinski definition) is 3. The molecule has 0 bridgehead atoms. The van der Waals surface area contributed by atoms with Crippen LogP contribution in [0.5, 0.6) is 0 Å². The maximum absolute atomic E-state index is 13.2. The number of rotatable bonds is 7. The minimum absolute atomic E-state index is 0.236. The molecular formula is C24H22FN5O. The zero-order chi connectivity index (χ0) is 21.6. The van der Waals surface area contributed by atoms with Gasteiger partial charge >= 0.3 is 0 Å². The second-order valence-electron chi connectivity index (χ2n) is 7.15. The minimum atomic E-state index is -0.296. The molecule has 7 heteroatoms. The van der Waals surface area contributed by atoms with Crippen LogP contribution < -0.4 is 5.32 Å². The molecule has 156 valence electrons. The Balaban J connectivity index is 1.38. The summed E-state index contributed by atoms with van der Waals surface area (Å²) in [6.45, 7) is 0.857. The molecule has 0 fully saturated rings. The Hall–Kier alpha value is -4.00. The predicted octanol–water partition coefficient (Wildman–Crippen LogP) is 4.32. The van der Waals surface area contributed by atoms with Crippen LogP contribution in [0.25, 0.3) is 17.3 Å². The lowest BCUT2D eigenvalue weighted by molar-refractivity contribution is -0.111. The number of halogens is 1. The number of nitrogens with one attached hydrogen (secondary N) is 1. The third-order valence-electron chi connectivity index (χ3n) is 4.94. The Labute approximate surface area is 179 Å². The highest BCUT2D eigenvalue weighted by atomic mass is 19.1.